The lowest BCUT2D eigenvalue weighted by Gasteiger charge is -2.12. The maximum atomic E-state index is 12.5. The number of aliphatic hydroxyl groups excluding tert-OH is 1. The van der Waals surface area contributed by atoms with Crippen molar-refractivity contribution in [3.05, 3.63) is 26.6 Å². The quantitative estimate of drug-likeness (QED) is 0.655. The van der Waals surface area contributed by atoms with Crippen LogP contribution in [0.2, 0.25) is 0 Å². The van der Waals surface area contributed by atoms with Gasteiger partial charge in [-0.1, -0.05) is 0 Å². The molecule has 0 spiro atoms. The standard InChI is InChI=1S/C8H5F5INO/c9-7(10)6-3(14)1-5(8(11,12)13)15-4(6)2-16/h1,7,16H,2H2. The zero-order valence-electron chi connectivity index (χ0n) is 7.52. The Hall–Kier alpha value is -0.510. The number of hydrogen-bond donors (Lipinski definition) is 1. The molecular weight excluding hydrogens is 348 g/mol. The van der Waals surface area contributed by atoms with Crippen molar-refractivity contribution in [2.24, 2.45) is 0 Å². The summed E-state index contributed by atoms with van der Waals surface area (Å²) in [5, 5.41) is 8.72. The zero-order valence-corrected chi connectivity index (χ0v) is 9.68. The van der Waals surface area contributed by atoms with Crippen LogP contribution in [0.15, 0.2) is 6.07 Å². The first-order valence-electron chi connectivity index (χ1n) is 3.93. The first-order valence-corrected chi connectivity index (χ1v) is 5.00. The normalized spacial score (nSPS) is 12.2. The second-order valence-electron chi connectivity index (χ2n) is 2.81. The van der Waals surface area contributed by atoms with Crippen molar-refractivity contribution < 1.29 is 27.1 Å². The molecule has 1 aromatic heterocycles. The molecule has 8 heteroatoms. The predicted molar refractivity (Wildman–Crippen MR) is 52.8 cm³/mol. The Kier molecular flexibility index (Phi) is 4.05. The second kappa shape index (κ2) is 4.78. The molecule has 0 saturated carbocycles. The third-order valence-corrected chi connectivity index (χ3v) is 2.64. The van der Waals surface area contributed by atoms with Gasteiger partial charge in [-0.05, 0) is 28.7 Å². The van der Waals surface area contributed by atoms with Gasteiger partial charge in [0, 0.05) is 3.57 Å². The summed E-state index contributed by atoms with van der Waals surface area (Å²) in [6.07, 6.45) is -7.69. The van der Waals surface area contributed by atoms with E-state index in [0.717, 1.165) is 0 Å². The van der Waals surface area contributed by atoms with E-state index in [4.69, 9.17) is 5.11 Å². The molecule has 0 amide bonds. The van der Waals surface area contributed by atoms with Crippen LogP contribution in [-0.4, -0.2) is 10.1 Å². The molecule has 1 N–H and O–H groups in total. The summed E-state index contributed by atoms with van der Waals surface area (Å²) < 4.78 is 61.5. The molecule has 0 aromatic carbocycles. The zero-order chi connectivity index (χ0) is 12.5. The van der Waals surface area contributed by atoms with Gasteiger partial charge < -0.3 is 5.11 Å². The van der Waals surface area contributed by atoms with Gasteiger partial charge in [0.15, 0.2) is 0 Å². The molecule has 1 rings (SSSR count). The lowest BCUT2D eigenvalue weighted by molar-refractivity contribution is -0.141. The van der Waals surface area contributed by atoms with Crippen molar-refractivity contribution in [3.8, 4) is 0 Å². The van der Waals surface area contributed by atoms with Gasteiger partial charge in [-0.2, -0.15) is 13.2 Å². The van der Waals surface area contributed by atoms with Crippen LogP contribution in [0.1, 0.15) is 23.4 Å². The third-order valence-electron chi connectivity index (χ3n) is 1.75. The molecule has 0 aliphatic rings. The summed E-state index contributed by atoms with van der Waals surface area (Å²) >= 11 is 1.36. The van der Waals surface area contributed by atoms with Crippen molar-refractivity contribution in [1.82, 2.24) is 4.98 Å². The highest BCUT2D eigenvalue weighted by Crippen LogP contribution is 2.33. The smallest absolute Gasteiger partial charge is 0.390 e. The molecule has 0 aliphatic carbocycles. The number of nitrogens with zero attached hydrogens (tertiary/aromatic N) is 1. The van der Waals surface area contributed by atoms with E-state index in [1.807, 2.05) is 0 Å². The van der Waals surface area contributed by atoms with E-state index in [-0.39, 0.29) is 3.57 Å². The molecule has 1 aromatic rings. The number of rotatable bonds is 2. The fourth-order valence-electron chi connectivity index (χ4n) is 1.07. The number of pyridine rings is 1. The van der Waals surface area contributed by atoms with E-state index in [2.05, 4.69) is 4.98 Å². The van der Waals surface area contributed by atoms with Gasteiger partial charge >= 0.3 is 6.18 Å². The third kappa shape index (κ3) is 2.78. The van der Waals surface area contributed by atoms with Crippen molar-refractivity contribution >= 4 is 22.6 Å². The summed E-state index contributed by atoms with van der Waals surface area (Å²) in [6, 6.07) is 0.529. The molecule has 0 radical (unpaired) electrons. The lowest BCUT2D eigenvalue weighted by Crippen LogP contribution is -2.13. The first-order chi connectivity index (χ1) is 7.27. The molecule has 0 aliphatic heterocycles. The Balaban J connectivity index is 3.38. The molecular formula is C8H5F5INO. The van der Waals surface area contributed by atoms with E-state index >= 15 is 0 Å². The number of halogens is 6. The summed E-state index contributed by atoms with van der Waals surface area (Å²) in [7, 11) is 0. The van der Waals surface area contributed by atoms with E-state index in [1.165, 1.54) is 22.6 Å². The molecule has 16 heavy (non-hydrogen) atoms. The fourth-order valence-corrected chi connectivity index (χ4v) is 1.91. The minimum atomic E-state index is -4.72. The summed E-state index contributed by atoms with van der Waals surface area (Å²) in [4.78, 5) is 2.98. The molecule has 0 unspecified atom stereocenters. The Morgan fingerprint density at radius 3 is 2.31 bits per heavy atom. The summed E-state index contributed by atoms with van der Waals surface area (Å²) in [5.74, 6) is 0. The monoisotopic (exact) mass is 353 g/mol. The second-order valence-corrected chi connectivity index (χ2v) is 3.97. The van der Waals surface area contributed by atoms with Crippen LogP contribution in [0.25, 0.3) is 0 Å². The highest BCUT2D eigenvalue weighted by Gasteiger charge is 2.34. The summed E-state index contributed by atoms with van der Waals surface area (Å²) in [5.41, 5.74) is -2.59. The largest absolute Gasteiger partial charge is 0.433 e. The van der Waals surface area contributed by atoms with E-state index in [9.17, 15) is 22.0 Å². The maximum Gasteiger partial charge on any atom is 0.433 e. The molecule has 0 saturated heterocycles. The van der Waals surface area contributed by atoms with Crippen LogP contribution >= 0.6 is 22.6 Å². The Morgan fingerprint density at radius 1 is 1.38 bits per heavy atom. The number of alkyl halides is 5. The Morgan fingerprint density at radius 2 is 1.94 bits per heavy atom. The minimum Gasteiger partial charge on any atom is -0.390 e. The average Bonchev–Trinajstić information content (AvgIpc) is 2.14. The molecule has 90 valence electrons. The van der Waals surface area contributed by atoms with Crippen molar-refractivity contribution in [2.45, 2.75) is 19.2 Å². The highest BCUT2D eigenvalue weighted by atomic mass is 127. The van der Waals surface area contributed by atoms with Gasteiger partial charge in [-0.25, -0.2) is 13.8 Å². The fraction of sp³-hybridized carbons (Fsp3) is 0.375. The highest BCUT2D eigenvalue weighted by molar-refractivity contribution is 14.1. The van der Waals surface area contributed by atoms with Crippen molar-refractivity contribution in [3.63, 3.8) is 0 Å². The summed E-state index contributed by atoms with van der Waals surface area (Å²) in [6.45, 7) is -0.959. The van der Waals surface area contributed by atoms with Crippen LogP contribution in [0, 0.1) is 3.57 Å². The van der Waals surface area contributed by atoms with Crippen LogP contribution in [-0.2, 0) is 12.8 Å². The van der Waals surface area contributed by atoms with Crippen LogP contribution < -0.4 is 0 Å². The van der Waals surface area contributed by atoms with Gasteiger partial charge in [-0.3, -0.25) is 0 Å². The van der Waals surface area contributed by atoms with Crippen LogP contribution in [0.3, 0.4) is 0 Å². The van der Waals surface area contributed by atoms with Gasteiger partial charge in [0.05, 0.1) is 17.9 Å². The topological polar surface area (TPSA) is 33.1 Å². The van der Waals surface area contributed by atoms with Crippen LogP contribution in [0.5, 0.6) is 0 Å². The molecule has 0 bridgehead atoms. The minimum absolute atomic E-state index is 0.265. The number of hydrogen-bond acceptors (Lipinski definition) is 2. The molecule has 0 fully saturated rings. The van der Waals surface area contributed by atoms with Gasteiger partial charge in [0.2, 0.25) is 0 Å². The average molecular weight is 353 g/mol. The maximum absolute atomic E-state index is 12.5. The Bertz CT molecular complexity index is 393. The molecule has 1 heterocycles. The molecule has 0 atom stereocenters. The SMILES string of the molecule is OCc1nc(C(F)(F)F)cc(I)c1C(F)F. The first kappa shape index (κ1) is 13.6. The number of aliphatic hydroxyl groups is 1. The van der Waals surface area contributed by atoms with Crippen LogP contribution in [0.4, 0.5) is 22.0 Å². The van der Waals surface area contributed by atoms with Gasteiger partial charge in [-0.15, -0.1) is 0 Å². The van der Waals surface area contributed by atoms with Crippen molar-refractivity contribution in [1.29, 1.82) is 0 Å². The van der Waals surface area contributed by atoms with Gasteiger partial charge in [0.25, 0.3) is 6.43 Å². The van der Waals surface area contributed by atoms with Crippen molar-refractivity contribution in [2.75, 3.05) is 0 Å². The molecule has 2 nitrogen and oxygen atoms in total. The van der Waals surface area contributed by atoms with E-state index < -0.39 is 36.2 Å². The van der Waals surface area contributed by atoms with E-state index in [1.54, 1.807) is 0 Å². The number of aromatic nitrogens is 1. The van der Waals surface area contributed by atoms with E-state index in [0.29, 0.717) is 6.07 Å². The van der Waals surface area contributed by atoms with Gasteiger partial charge in [0.1, 0.15) is 5.69 Å². The predicted octanol–water partition coefficient (Wildman–Crippen LogP) is 3.13. The lowest BCUT2D eigenvalue weighted by atomic mass is 10.2. The Labute approximate surface area is 101 Å².